The first-order valence-electron chi connectivity index (χ1n) is 9.55. The minimum atomic E-state index is -3.58. The number of carbonyl (C=O) groups excluding carboxylic acids is 1. The molecule has 0 aliphatic carbocycles. The van der Waals surface area contributed by atoms with E-state index in [0.717, 1.165) is 30.5 Å². The average molecular weight is 400 g/mol. The molecule has 148 valence electrons. The Labute approximate surface area is 166 Å². The Kier molecular flexibility index (Phi) is 6.59. The highest BCUT2D eigenvalue weighted by molar-refractivity contribution is 7.89. The van der Waals surface area contributed by atoms with Crippen molar-refractivity contribution < 1.29 is 13.2 Å². The van der Waals surface area contributed by atoms with Gasteiger partial charge in [-0.3, -0.25) is 4.79 Å². The van der Waals surface area contributed by atoms with E-state index >= 15 is 0 Å². The SMILES string of the molecule is CC/C(=N/NC(=O)c1cccc(S(=O)(=O)N2CCCCC2)c1)c1ccccc1. The third-order valence-electron chi connectivity index (χ3n) is 4.78. The smallest absolute Gasteiger partial charge is 0.267 e. The van der Waals surface area contributed by atoms with Crippen molar-refractivity contribution in [3.8, 4) is 0 Å². The van der Waals surface area contributed by atoms with E-state index in [9.17, 15) is 13.2 Å². The number of hydrazone groups is 1. The van der Waals surface area contributed by atoms with Crippen LogP contribution in [0.15, 0.2) is 64.6 Å². The molecule has 3 rings (SSSR count). The third-order valence-corrected chi connectivity index (χ3v) is 6.68. The summed E-state index contributed by atoms with van der Waals surface area (Å²) in [5.41, 5.74) is 4.51. The van der Waals surface area contributed by atoms with Crippen LogP contribution in [0, 0.1) is 0 Å². The molecular weight excluding hydrogens is 374 g/mol. The molecule has 0 unspecified atom stereocenters. The van der Waals surface area contributed by atoms with Crippen LogP contribution in [0.25, 0.3) is 0 Å². The topological polar surface area (TPSA) is 78.8 Å². The van der Waals surface area contributed by atoms with Crippen molar-refractivity contribution in [1.29, 1.82) is 0 Å². The standard InChI is InChI=1S/C21H25N3O3S/c1-2-20(17-10-5-3-6-11-17)22-23-21(25)18-12-9-13-19(16-18)28(26,27)24-14-7-4-8-15-24/h3,5-6,9-13,16H,2,4,7-8,14-15H2,1H3,(H,23,25)/b22-20-. The number of piperidine rings is 1. The predicted molar refractivity (Wildman–Crippen MR) is 110 cm³/mol. The van der Waals surface area contributed by atoms with Gasteiger partial charge < -0.3 is 0 Å². The second-order valence-corrected chi connectivity index (χ2v) is 8.65. The number of sulfonamides is 1. The summed E-state index contributed by atoms with van der Waals surface area (Å²) in [4.78, 5) is 12.7. The maximum Gasteiger partial charge on any atom is 0.271 e. The fourth-order valence-electron chi connectivity index (χ4n) is 3.21. The summed E-state index contributed by atoms with van der Waals surface area (Å²) in [7, 11) is -3.58. The number of nitrogens with zero attached hydrogens (tertiary/aromatic N) is 2. The van der Waals surface area contributed by atoms with Gasteiger partial charge in [-0.2, -0.15) is 9.41 Å². The average Bonchev–Trinajstić information content (AvgIpc) is 2.75. The lowest BCUT2D eigenvalue weighted by atomic mass is 10.1. The molecule has 1 heterocycles. The molecule has 0 radical (unpaired) electrons. The van der Waals surface area contributed by atoms with E-state index in [4.69, 9.17) is 0 Å². The highest BCUT2D eigenvalue weighted by Gasteiger charge is 2.26. The van der Waals surface area contributed by atoms with Gasteiger partial charge in [-0.1, -0.05) is 49.7 Å². The molecule has 1 aliphatic rings. The summed E-state index contributed by atoms with van der Waals surface area (Å²) in [6.45, 7) is 3.02. The van der Waals surface area contributed by atoms with Crippen molar-refractivity contribution in [2.24, 2.45) is 5.10 Å². The van der Waals surface area contributed by atoms with Gasteiger partial charge in [-0.15, -0.1) is 0 Å². The van der Waals surface area contributed by atoms with Crippen LogP contribution in [0.1, 0.15) is 48.5 Å². The lowest BCUT2D eigenvalue weighted by Gasteiger charge is -2.25. The number of hydrogen-bond acceptors (Lipinski definition) is 4. The zero-order valence-corrected chi connectivity index (χ0v) is 16.8. The van der Waals surface area contributed by atoms with Crippen molar-refractivity contribution in [2.45, 2.75) is 37.5 Å². The Morgan fingerprint density at radius 3 is 2.36 bits per heavy atom. The largest absolute Gasteiger partial charge is 0.271 e. The number of amides is 1. The number of rotatable bonds is 6. The molecule has 0 atom stereocenters. The molecule has 0 saturated carbocycles. The maximum atomic E-state index is 12.8. The van der Waals surface area contributed by atoms with Gasteiger partial charge in [0.1, 0.15) is 0 Å². The molecule has 0 spiro atoms. The Hall–Kier alpha value is -2.51. The van der Waals surface area contributed by atoms with Gasteiger partial charge in [0.25, 0.3) is 5.91 Å². The van der Waals surface area contributed by atoms with Crippen molar-refractivity contribution in [3.05, 3.63) is 65.7 Å². The fourth-order valence-corrected chi connectivity index (χ4v) is 4.78. The molecule has 2 aromatic carbocycles. The normalized spacial score (nSPS) is 16.0. The van der Waals surface area contributed by atoms with E-state index in [2.05, 4.69) is 10.5 Å². The van der Waals surface area contributed by atoms with Crippen molar-refractivity contribution in [3.63, 3.8) is 0 Å². The van der Waals surface area contributed by atoms with Gasteiger partial charge in [-0.05, 0) is 43.0 Å². The van der Waals surface area contributed by atoms with Crippen molar-refractivity contribution >= 4 is 21.6 Å². The molecule has 1 N–H and O–H groups in total. The molecule has 1 aliphatic heterocycles. The highest BCUT2D eigenvalue weighted by atomic mass is 32.2. The highest BCUT2D eigenvalue weighted by Crippen LogP contribution is 2.21. The van der Waals surface area contributed by atoms with E-state index in [1.165, 1.54) is 16.4 Å². The zero-order chi connectivity index (χ0) is 20.0. The van der Waals surface area contributed by atoms with Crippen LogP contribution in [0.4, 0.5) is 0 Å². The van der Waals surface area contributed by atoms with Gasteiger partial charge >= 0.3 is 0 Å². The summed E-state index contributed by atoms with van der Waals surface area (Å²) >= 11 is 0. The molecule has 2 aromatic rings. The second-order valence-electron chi connectivity index (χ2n) is 6.71. The molecule has 0 bridgehead atoms. The summed E-state index contributed by atoms with van der Waals surface area (Å²) in [6, 6.07) is 15.7. The molecule has 28 heavy (non-hydrogen) atoms. The summed E-state index contributed by atoms with van der Waals surface area (Å²) < 4.78 is 27.1. The summed E-state index contributed by atoms with van der Waals surface area (Å²) in [6.07, 6.45) is 3.45. The monoisotopic (exact) mass is 399 g/mol. The van der Waals surface area contributed by atoms with Crippen LogP contribution in [0.2, 0.25) is 0 Å². The number of benzene rings is 2. The van der Waals surface area contributed by atoms with E-state index in [1.807, 2.05) is 37.3 Å². The molecule has 6 nitrogen and oxygen atoms in total. The Balaban J connectivity index is 1.78. The number of hydrogen-bond donors (Lipinski definition) is 1. The van der Waals surface area contributed by atoms with Gasteiger partial charge in [0.05, 0.1) is 10.6 Å². The fraction of sp³-hybridized carbons (Fsp3) is 0.333. The van der Waals surface area contributed by atoms with E-state index in [1.54, 1.807) is 12.1 Å². The molecule has 7 heteroatoms. The van der Waals surface area contributed by atoms with Crippen molar-refractivity contribution in [2.75, 3.05) is 13.1 Å². The third kappa shape index (κ3) is 4.66. The first-order valence-corrected chi connectivity index (χ1v) is 11.0. The van der Waals surface area contributed by atoms with Crippen LogP contribution in [0.5, 0.6) is 0 Å². The first kappa shape index (κ1) is 20.2. The maximum absolute atomic E-state index is 12.8. The van der Waals surface area contributed by atoms with E-state index in [0.29, 0.717) is 19.5 Å². The summed E-state index contributed by atoms with van der Waals surface area (Å²) in [5.74, 6) is -0.433. The van der Waals surface area contributed by atoms with E-state index < -0.39 is 15.9 Å². The lowest BCUT2D eigenvalue weighted by molar-refractivity contribution is 0.0954. The van der Waals surface area contributed by atoms with Crippen LogP contribution in [0.3, 0.4) is 0 Å². The number of carbonyl (C=O) groups is 1. The minimum Gasteiger partial charge on any atom is -0.267 e. The lowest BCUT2D eigenvalue weighted by Crippen LogP contribution is -2.35. The zero-order valence-electron chi connectivity index (χ0n) is 16.0. The van der Waals surface area contributed by atoms with Gasteiger partial charge in [0.2, 0.25) is 10.0 Å². The van der Waals surface area contributed by atoms with Gasteiger partial charge in [0, 0.05) is 18.7 Å². The van der Waals surface area contributed by atoms with Crippen molar-refractivity contribution in [1.82, 2.24) is 9.73 Å². The molecular formula is C21H25N3O3S. The van der Waals surface area contributed by atoms with Crippen LogP contribution < -0.4 is 5.43 Å². The first-order chi connectivity index (χ1) is 13.5. The van der Waals surface area contributed by atoms with Gasteiger partial charge in [-0.25, -0.2) is 13.8 Å². The molecule has 0 aromatic heterocycles. The second kappa shape index (κ2) is 9.12. The quantitative estimate of drug-likeness (QED) is 0.597. The Morgan fingerprint density at radius 2 is 1.68 bits per heavy atom. The number of nitrogens with one attached hydrogen (secondary N) is 1. The predicted octanol–water partition coefficient (Wildman–Crippen LogP) is 3.41. The molecule has 1 saturated heterocycles. The van der Waals surface area contributed by atoms with Crippen LogP contribution in [-0.2, 0) is 10.0 Å². The Bertz CT molecular complexity index is 950. The van der Waals surface area contributed by atoms with Crippen LogP contribution >= 0.6 is 0 Å². The van der Waals surface area contributed by atoms with Crippen LogP contribution in [-0.4, -0.2) is 37.4 Å². The van der Waals surface area contributed by atoms with Gasteiger partial charge in [0.15, 0.2) is 0 Å². The Morgan fingerprint density at radius 1 is 1.00 bits per heavy atom. The van der Waals surface area contributed by atoms with E-state index in [-0.39, 0.29) is 10.5 Å². The summed E-state index contributed by atoms with van der Waals surface area (Å²) in [5, 5.41) is 4.23. The molecule has 1 amide bonds. The molecule has 1 fully saturated rings. The minimum absolute atomic E-state index is 0.143.